The van der Waals surface area contributed by atoms with Crippen molar-refractivity contribution in [2.24, 2.45) is 0 Å². The minimum Gasteiger partial charge on any atom is -0.472 e. The Labute approximate surface area is 277 Å². The van der Waals surface area contributed by atoms with Gasteiger partial charge in [0.05, 0.1) is 39.9 Å². The van der Waals surface area contributed by atoms with Crippen LogP contribution in [-0.2, 0) is 4.74 Å². The first kappa shape index (κ1) is 29.5. The molecule has 4 atom stereocenters. The zero-order valence-electron chi connectivity index (χ0n) is 26.3. The molecule has 8 heterocycles. The quantitative estimate of drug-likeness (QED) is 0.282. The predicted molar refractivity (Wildman–Crippen MR) is 174 cm³/mol. The molecule has 1 aliphatic carbocycles. The monoisotopic (exact) mass is 668 g/mol. The SMILES string of the molecule is Cc1c(C(=O)NC23COC(C#N)(C2)C3)nc2c3c(nc(-c4ccc(F)c5sc(N)c(C#N)c45)c(F)c13)OC(C)C1C3CCC(C)(CN21)N3. The molecule has 4 N–H and O–H groups in total. The molecule has 5 aliphatic heterocycles. The molecule has 4 bridgehead atoms. The number of thiophene rings is 1. The van der Waals surface area contributed by atoms with Crippen LogP contribution in [0.5, 0.6) is 5.88 Å². The lowest BCUT2D eigenvalue weighted by Crippen LogP contribution is -2.66. The molecule has 48 heavy (non-hydrogen) atoms. The van der Waals surface area contributed by atoms with Gasteiger partial charge >= 0.3 is 0 Å². The number of piperazine rings is 1. The van der Waals surface area contributed by atoms with Gasteiger partial charge in [-0.15, -0.1) is 11.3 Å². The number of anilines is 2. The smallest absolute Gasteiger partial charge is 0.270 e. The van der Waals surface area contributed by atoms with Crippen LogP contribution in [-0.4, -0.2) is 63.9 Å². The lowest BCUT2D eigenvalue weighted by atomic mass is 9.69. The van der Waals surface area contributed by atoms with E-state index >= 15 is 8.78 Å². The largest absolute Gasteiger partial charge is 0.472 e. The van der Waals surface area contributed by atoms with Crippen molar-refractivity contribution in [3.63, 3.8) is 0 Å². The summed E-state index contributed by atoms with van der Waals surface area (Å²) in [6, 6.07) is 6.71. The molecule has 5 fully saturated rings. The zero-order valence-corrected chi connectivity index (χ0v) is 27.1. The van der Waals surface area contributed by atoms with E-state index in [4.69, 9.17) is 25.2 Å². The standard InChI is InChI=1S/C34H30F2N8O3S/c1-14-20-22-29(40-24(14)30(45)43-33-9-34(10-33,11-38)46-13-33)44-12-32(3)7-6-19(42-32)26(44)15(2)47-31(22)41-25(23(20)36)16-4-5-18(35)27-21(16)17(8-37)28(39)48-27/h4-5,15,19,26,42H,6-7,9-10,12-13,39H2,1-3H3,(H,43,45). The molecule has 1 amide bonds. The molecular formula is C34H30F2N8O3S. The van der Waals surface area contributed by atoms with Crippen molar-refractivity contribution < 1.29 is 23.0 Å². The highest BCUT2D eigenvalue weighted by atomic mass is 32.1. The van der Waals surface area contributed by atoms with E-state index in [1.807, 2.05) is 13.0 Å². The number of carbonyl (C=O) groups is 1. The number of carbonyl (C=O) groups excluding carboxylic acids is 1. The topological polar surface area (TPSA) is 162 Å². The maximum absolute atomic E-state index is 17.4. The summed E-state index contributed by atoms with van der Waals surface area (Å²) in [5.74, 6) is -1.29. The van der Waals surface area contributed by atoms with Crippen LogP contribution in [0.25, 0.3) is 32.1 Å². The van der Waals surface area contributed by atoms with Crippen molar-refractivity contribution in [1.29, 1.82) is 10.5 Å². The average Bonchev–Trinajstić information content (AvgIpc) is 3.75. The molecule has 1 saturated carbocycles. The van der Waals surface area contributed by atoms with Gasteiger partial charge in [0.1, 0.15) is 40.2 Å². The van der Waals surface area contributed by atoms with Crippen LogP contribution in [0.2, 0.25) is 0 Å². The van der Waals surface area contributed by atoms with E-state index in [9.17, 15) is 15.3 Å². The third-order valence-electron chi connectivity index (χ3n) is 11.0. The van der Waals surface area contributed by atoms with Crippen LogP contribution in [0.3, 0.4) is 0 Å². The number of pyridine rings is 2. The van der Waals surface area contributed by atoms with Crippen molar-refractivity contribution in [3.05, 3.63) is 40.6 Å². The van der Waals surface area contributed by atoms with Crippen LogP contribution >= 0.6 is 11.3 Å². The molecule has 0 spiro atoms. The van der Waals surface area contributed by atoms with Gasteiger partial charge in [-0.2, -0.15) is 10.5 Å². The Bertz CT molecular complexity index is 2240. The second-order valence-electron chi connectivity index (χ2n) is 14.3. The van der Waals surface area contributed by atoms with Crippen molar-refractivity contribution in [1.82, 2.24) is 20.6 Å². The summed E-state index contributed by atoms with van der Waals surface area (Å²) in [5.41, 5.74) is 4.69. The van der Waals surface area contributed by atoms with E-state index in [2.05, 4.69) is 28.5 Å². The fourth-order valence-corrected chi connectivity index (χ4v) is 9.85. The number of hydrogen-bond donors (Lipinski definition) is 3. The first-order chi connectivity index (χ1) is 22.9. The van der Waals surface area contributed by atoms with Gasteiger partial charge in [0, 0.05) is 47.3 Å². The molecule has 4 saturated heterocycles. The van der Waals surface area contributed by atoms with E-state index in [0.29, 0.717) is 30.6 Å². The number of nitrogens with one attached hydrogen (secondary N) is 2. The molecule has 6 aliphatic rings. The fraction of sp³-hybridized carbons (Fsp3) is 0.441. The minimum atomic E-state index is -0.894. The van der Waals surface area contributed by atoms with Crippen LogP contribution in [0, 0.1) is 41.2 Å². The van der Waals surface area contributed by atoms with E-state index in [1.54, 1.807) is 6.92 Å². The summed E-state index contributed by atoms with van der Waals surface area (Å²) < 4.78 is 44.8. The van der Waals surface area contributed by atoms with Crippen molar-refractivity contribution in [2.75, 3.05) is 23.8 Å². The Kier molecular flexibility index (Phi) is 5.84. The molecule has 14 heteroatoms. The van der Waals surface area contributed by atoms with Crippen LogP contribution in [0.15, 0.2) is 12.1 Å². The number of hydrogen-bond acceptors (Lipinski definition) is 11. The maximum atomic E-state index is 17.4. The number of nitriles is 2. The highest BCUT2D eigenvalue weighted by molar-refractivity contribution is 7.23. The second-order valence-corrected chi connectivity index (χ2v) is 15.3. The van der Waals surface area contributed by atoms with Crippen LogP contribution in [0.1, 0.15) is 61.1 Å². The molecule has 244 valence electrons. The number of amides is 1. The number of halogens is 2. The number of rotatable bonds is 3. The van der Waals surface area contributed by atoms with Gasteiger partial charge in [-0.25, -0.2) is 18.7 Å². The Balaban J connectivity index is 1.30. The van der Waals surface area contributed by atoms with Gasteiger partial charge in [-0.1, -0.05) is 0 Å². The lowest BCUT2D eigenvalue weighted by molar-refractivity contribution is 0.0470. The third kappa shape index (κ3) is 3.79. The Morgan fingerprint density at radius 1 is 1.23 bits per heavy atom. The summed E-state index contributed by atoms with van der Waals surface area (Å²) in [4.78, 5) is 26.0. The Hall–Kier alpha value is -4.63. The molecule has 1 aromatic carbocycles. The number of ether oxygens (including phenoxy) is 2. The normalized spacial score (nSPS) is 31.1. The van der Waals surface area contributed by atoms with Crippen molar-refractivity contribution >= 4 is 48.9 Å². The number of aryl methyl sites for hydroxylation is 1. The van der Waals surface area contributed by atoms with Gasteiger partial charge in [0.2, 0.25) is 5.88 Å². The van der Waals surface area contributed by atoms with Gasteiger partial charge in [-0.05, 0) is 51.3 Å². The molecule has 4 aromatic rings. The van der Waals surface area contributed by atoms with E-state index < -0.39 is 34.8 Å². The summed E-state index contributed by atoms with van der Waals surface area (Å²) >= 11 is 0.917. The summed E-state index contributed by atoms with van der Waals surface area (Å²) in [6.07, 6.45) is 2.17. The highest BCUT2D eigenvalue weighted by Gasteiger charge is 2.64. The van der Waals surface area contributed by atoms with Gasteiger partial charge in [-0.3, -0.25) is 4.79 Å². The van der Waals surface area contributed by atoms with Gasteiger partial charge in [0.25, 0.3) is 5.91 Å². The number of nitrogens with zero attached hydrogens (tertiary/aromatic N) is 5. The summed E-state index contributed by atoms with van der Waals surface area (Å²) in [5, 5.41) is 27.1. The first-order valence-electron chi connectivity index (χ1n) is 15.9. The molecule has 10 rings (SSSR count). The van der Waals surface area contributed by atoms with E-state index in [-0.39, 0.29) is 78.7 Å². The lowest BCUT2D eigenvalue weighted by Gasteiger charge is -2.46. The summed E-state index contributed by atoms with van der Waals surface area (Å²) in [7, 11) is 0. The number of nitrogen functional groups attached to an aromatic ring is 1. The number of fused-ring (bicyclic) bond motifs is 7. The Morgan fingerprint density at radius 3 is 2.75 bits per heavy atom. The van der Waals surface area contributed by atoms with Crippen molar-refractivity contribution in [2.45, 2.75) is 81.3 Å². The molecule has 0 radical (unpaired) electrons. The average molecular weight is 669 g/mol. The van der Waals surface area contributed by atoms with Crippen LogP contribution < -0.4 is 26.0 Å². The first-order valence-corrected chi connectivity index (χ1v) is 16.7. The zero-order chi connectivity index (χ0) is 33.5. The number of nitrogens with two attached hydrogens (primary N) is 1. The number of benzene rings is 1. The predicted octanol–water partition coefficient (Wildman–Crippen LogP) is 4.59. The Morgan fingerprint density at radius 2 is 2.02 bits per heavy atom. The van der Waals surface area contributed by atoms with E-state index in [0.717, 1.165) is 24.2 Å². The third-order valence-corrected chi connectivity index (χ3v) is 12.0. The molecular weight excluding hydrogens is 638 g/mol. The fourth-order valence-electron chi connectivity index (χ4n) is 8.90. The maximum Gasteiger partial charge on any atom is 0.270 e. The highest BCUT2D eigenvalue weighted by Crippen LogP contribution is 2.52. The van der Waals surface area contributed by atoms with Crippen molar-refractivity contribution in [3.8, 4) is 29.3 Å². The second kappa shape index (κ2) is 9.50. The van der Waals surface area contributed by atoms with Gasteiger partial charge < -0.3 is 30.7 Å². The number of aromatic nitrogens is 2. The van der Waals surface area contributed by atoms with E-state index in [1.165, 1.54) is 12.1 Å². The van der Waals surface area contributed by atoms with Crippen LogP contribution in [0.4, 0.5) is 19.6 Å². The summed E-state index contributed by atoms with van der Waals surface area (Å²) in [6.45, 7) is 6.49. The molecule has 4 unspecified atom stereocenters. The molecule has 3 aromatic heterocycles. The van der Waals surface area contributed by atoms with Gasteiger partial charge in [0.15, 0.2) is 11.4 Å². The molecule has 11 nitrogen and oxygen atoms in total. The minimum absolute atomic E-state index is 0.0395.